The largest absolute Gasteiger partial charge is 0.313 e. The van der Waals surface area contributed by atoms with Crippen molar-refractivity contribution in [2.45, 2.75) is 50.0 Å². The van der Waals surface area contributed by atoms with E-state index in [0.717, 1.165) is 12.5 Å². The van der Waals surface area contributed by atoms with Gasteiger partial charge in [-0.25, -0.2) is 0 Å². The Morgan fingerprint density at radius 2 is 1.89 bits per heavy atom. The van der Waals surface area contributed by atoms with Crippen molar-refractivity contribution in [3.05, 3.63) is 30.3 Å². The molecular weight excluding hydrogens is 238 g/mol. The fourth-order valence-corrected chi connectivity index (χ4v) is 3.58. The van der Waals surface area contributed by atoms with Crippen LogP contribution in [0, 0.1) is 5.92 Å². The maximum atomic E-state index is 3.70. The van der Waals surface area contributed by atoms with Gasteiger partial charge in [0.2, 0.25) is 0 Å². The fourth-order valence-electron chi connectivity index (χ4n) is 2.77. The van der Waals surface area contributed by atoms with E-state index < -0.39 is 0 Å². The van der Waals surface area contributed by atoms with Crippen LogP contribution in [0.1, 0.15) is 39.0 Å². The van der Waals surface area contributed by atoms with Crippen LogP contribution in [0.2, 0.25) is 0 Å². The SMILES string of the molecule is CC(NCCSc1ccccc1)C1CCCCC1. The van der Waals surface area contributed by atoms with Gasteiger partial charge < -0.3 is 5.32 Å². The highest BCUT2D eigenvalue weighted by molar-refractivity contribution is 7.99. The Morgan fingerprint density at radius 3 is 2.61 bits per heavy atom. The van der Waals surface area contributed by atoms with Crippen LogP contribution in [0.25, 0.3) is 0 Å². The van der Waals surface area contributed by atoms with Gasteiger partial charge in [-0.05, 0) is 37.8 Å². The number of benzene rings is 1. The summed E-state index contributed by atoms with van der Waals surface area (Å²) >= 11 is 1.95. The Kier molecular flexibility index (Phi) is 6.09. The molecule has 1 aromatic carbocycles. The van der Waals surface area contributed by atoms with E-state index in [1.165, 1.54) is 42.8 Å². The van der Waals surface area contributed by atoms with E-state index in [1.807, 2.05) is 11.8 Å². The molecular formula is C16H25NS. The molecule has 1 aliphatic rings. The van der Waals surface area contributed by atoms with Crippen molar-refractivity contribution < 1.29 is 0 Å². The van der Waals surface area contributed by atoms with Gasteiger partial charge in [-0.3, -0.25) is 0 Å². The molecule has 1 N–H and O–H groups in total. The third kappa shape index (κ3) is 4.66. The van der Waals surface area contributed by atoms with E-state index in [1.54, 1.807) is 0 Å². The molecule has 1 unspecified atom stereocenters. The van der Waals surface area contributed by atoms with Gasteiger partial charge >= 0.3 is 0 Å². The van der Waals surface area contributed by atoms with Gasteiger partial charge in [0, 0.05) is 23.2 Å². The predicted octanol–water partition coefficient (Wildman–Crippen LogP) is 4.34. The molecule has 0 radical (unpaired) electrons. The zero-order valence-corrected chi connectivity index (χ0v) is 12.2. The van der Waals surface area contributed by atoms with Gasteiger partial charge in [0.1, 0.15) is 0 Å². The normalized spacial score (nSPS) is 18.7. The van der Waals surface area contributed by atoms with Gasteiger partial charge in [-0.1, -0.05) is 37.5 Å². The smallest absolute Gasteiger partial charge is 0.0106 e. The first kappa shape index (κ1) is 14.0. The van der Waals surface area contributed by atoms with E-state index in [0.29, 0.717) is 6.04 Å². The quantitative estimate of drug-likeness (QED) is 0.605. The van der Waals surface area contributed by atoms with Crippen molar-refractivity contribution in [2.75, 3.05) is 12.3 Å². The summed E-state index contributed by atoms with van der Waals surface area (Å²) in [5, 5.41) is 3.70. The van der Waals surface area contributed by atoms with Crippen LogP contribution in [-0.2, 0) is 0 Å². The molecule has 1 nitrogen and oxygen atoms in total. The van der Waals surface area contributed by atoms with Crippen LogP contribution < -0.4 is 5.32 Å². The summed E-state index contributed by atoms with van der Waals surface area (Å²) in [5.74, 6) is 2.08. The third-order valence-electron chi connectivity index (χ3n) is 3.94. The number of thioether (sulfide) groups is 1. The Hall–Kier alpha value is -0.470. The lowest BCUT2D eigenvalue weighted by Gasteiger charge is -2.28. The average molecular weight is 263 g/mol. The molecule has 1 fully saturated rings. The van der Waals surface area contributed by atoms with Crippen LogP contribution in [0.3, 0.4) is 0 Å². The lowest BCUT2D eigenvalue weighted by molar-refractivity contribution is 0.285. The Morgan fingerprint density at radius 1 is 1.17 bits per heavy atom. The molecule has 0 aliphatic heterocycles. The molecule has 0 spiro atoms. The number of hydrogen-bond acceptors (Lipinski definition) is 2. The summed E-state index contributed by atoms with van der Waals surface area (Å²) in [7, 11) is 0. The first-order chi connectivity index (χ1) is 8.86. The summed E-state index contributed by atoms with van der Waals surface area (Å²) in [5.41, 5.74) is 0. The summed E-state index contributed by atoms with van der Waals surface area (Å²) < 4.78 is 0. The minimum absolute atomic E-state index is 0.696. The van der Waals surface area contributed by atoms with E-state index in [4.69, 9.17) is 0 Å². The molecule has 1 aromatic rings. The molecule has 0 aromatic heterocycles. The van der Waals surface area contributed by atoms with Crippen molar-refractivity contribution >= 4 is 11.8 Å². The van der Waals surface area contributed by atoms with Gasteiger partial charge in [-0.15, -0.1) is 11.8 Å². The highest BCUT2D eigenvalue weighted by atomic mass is 32.2. The van der Waals surface area contributed by atoms with Gasteiger partial charge in [0.15, 0.2) is 0 Å². The number of rotatable bonds is 6. The van der Waals surface area contributed by atoms with E-state index >= 15 is 0 Å². The van der Waals surface area contributed by atoms with Crippen LogP contribution >= 0.6 is 11.8 Å². The van der Waals surface area contributed by atoms with Crippen molar-refractivity contribution in [1.82, 2.24) is 5.32 Å². The Labute approximate surface area is 116 Å². The first-order valence-electron chi connectivity index (χ1n) is 7.27. The highest BCUT2D eigenvalue weighted by Crippen LogP contribution is 2.26. The standard InChI is InChI=1S/C16H25NS/c1-14(15-8-4-2-5-9-15)17-12-13-18-16-10-6-3-7-11-16/h3,6-7,10-11,14-15,17H,2,4-5,8-9,12-13H2,1H3. The molecule has 1 saturated carbocycles. The van der Waals surface area contributed by atoms with Gasteiger partial charge in [0.05, 0.1) is 0 Å². The maximum Gasteiger partial charge on any atom is 0.0106 e. The number of nitrogens with one attached hydrogen (secondary N) is 1. The van der Waals surface area contributed by atoms with E-state index in [-0.39, 0.29) is 0 Å². The van der Waals surface area contributed by atoms with E-state index in [2.05, 4.69) is 42.6 Å². The predicted molar refractivity (Wildman–Crippen MR) is 81.2 cm³/mol. The molecule has 0 saturated heterocycles. The fraction of sp³-hybridized carbons (Fsp3) is 0.625. The van der Waals surface area contributed by atoms with Crippen molar-refractivity contribution in [3.8, 4) is 0 Å². The van der Waals surface area contributed by atoms with Crippen LogP contribution in [0.5, 0.6) is 0 Å². The van der Waals surface area contributed by atoms with E-state index in [9.17, 15) is 0 Å². The third-order valence-corrected chi connectivity index (χ3v) is 4.95. The molecule has 1 atom stereocenters. The minimum Gasteiger partial charge on any atom is -0.313 e. The molecule has 2 heteroatoms. The lowest BCUT2D eigenvalue weighted by atomic mass is 9.84. The summed E-state index contributed by atoms with van der Waals surface area (Å²) in [6, 6.07) is 11.4. The van der Waals surface area contributed by atoms with Crippen LogP contribution in [-0.4, -0.2) is 18.3 Å². The van der Waals surface area contributed by atoms with Crippen molar-refractivity contribution in [3.63, 3.8) is 0 Å². The van der Waals surface area contributed by atoms with Crippen molar-refractivity contribution in [1.29, 1.82) is 0 Å². The molecule has 0 heterocycles. The first-order valence-corrected chi connectivity index (χ1v) is 8.26. The second-order valence-corrected chi connectivity index (χ2v) is 6.47. The topological polar surface area (TPSA) is 12.0 Å². The Balaban J connectivity index is 1.60. The lowest BCUT2D eigenvalue weighted by Crippen LogP contribution is -2.35. The zero-order valence-electron chi connectivity index (χ0n) is 11.4. The number of hydrogen-bond donors (Lipinski definition) is 1. The van der Waals surface area contributed by atoms with Crippen LogP contribution in [0.15, 0.2) is 35.2 Å². The summed E-state index contributed by atoms with van der Waals surface area (Å²) in [6.07, 6.45) is 7.19. The zero-order chi connectivity index (χ0) is 12.6. The minimum atomic E-state index is 0.696. The summed E-state index contributed by atoms with van der Waals surface area (Å²) in [4.78, 5) is 1.38. The van der Waals surface area contributed by atoms with Crippen LogP contribution in [0.4, 0.5) is 0 Å². The Bertz CT molecular complexity index is 319. The highest BCUT2D eigenvalue weighted by Gasteiger charge is 2.18. The molecule has 2 rings (SSSR count). The average Bonchev–Trinajstić information content (AvgIpc) is 2.45. The molecule has 18 heavy (non-hydrogen) atoms. The maximum absolute atomic E-state index is 3.70. The molecule has 0 amide bonds. The molecule has 1 aliphatic carbocycles. The molecule has 0 bridgehead atoms. The summed E-state index contributed by atoms with van der Waals surface area (Å²) in [6.45, 7) is 3.49. The second kappa shape index (κ2) is 7.85. The second-order valence-electron chi connectivity index (χ2n) is 5.30. The monoisotopic (exact) mass is 263 g/mol. The van der Waals surface area contributed by atoms with Crippen molar-refractivity contribution in [2.24, 2.45) is 5.92 Å². The van der Waals surface area contributed by atoms with Gasteiger partial charge in [0.25, 0.3) is 0 Å². The van der Waals surface area contributed by atoms with Gasteiger partial charge in [-0.2, -0.15) is 0 Å². The molecule has 100 valence electrons.